The van der Waals surface area contributed by atoms with Crippen molar-refractivity contribution >= 4 is 5.97 Å². The van der Waals surface area contributed by atoms with E-state index in [0.29, 0.717) is 18.8 Å². The number of hydrogen-bond acceptors (Lipinski definition) is 4. The lowest BCUT2D eigenvalue weighted by molar-refractivity contribution is 0.0660. The average molecular weight is 285 g/mol. The minimum atomic E-state index is -1.14. The Kier molecular flexibility index (Phi) is 4.62. The molecule has 0 radical (unpaired) electrons. The molecule has 1 aromatic heterocycles. The monoisotopic (exact) mass is 285 g/mol. The maximum absolute atomic E-state index is 10.8. The molecule has 0 saturated carbocycles. The molecule has 0 amide bonds. The molecular formula is C16H15NO4. The van der Waals surface area contributed by atoms with Gasteiger partial charge >= 0.3 is 5.97 Å². The van der Waals surface area contributed by atoms with E-state index in [-0.39, 0.29) is 5.76 Å². The lowest BCUT2D eigenvalue weighted by Gasteiger charge is -2.09. The largest absolute Gasteiger partial charge is 0.494 e. The van der Waals surface area contributed by atoms with Gasteiger partial charge in [-0.2, -0.15) is 5.26 Å². The first-order chi connectivity index (χ1) is 10.1. The zero-order chi connectivity index (χ0) is 15.2. The minimum Gasteiger partial charge on any atom is -0.494 e. The van der Waals surface area contributed by atoms with Crippen molar-refractivity contribution in [2.75, 3.05) is 6.61 Å². The number of furan rings is 1. The van der Waals surface area contributed by atoms with Gasteiger partial charge < -0.3 is 14.3 Å². The van der Waals surface area contributed by atoms with Gasteiger partial charge in [0.2, 0.25) is 5.76 Å². The molecule has 5 nitrogen and oxygen atoms in total. The zero-order valence-corrected chi connectivity index (χ0v) is 11.6. The number of aryl methyl sites for hydroxylation is 1. The first-order valence-corrected chi connectivity index (χ1v) is 6.52. The summed E-state index contributed by atoms with van der Waals surface area (Å²) in [5, 5.41) is 18.0. The third-order valence-electron chi connectivity index (χ3n) is 3.00. The maximum atomic E-state index is 10.8. The van der Waals surface area contributed by atoms with Crippen LogP contribution in [0.5, 0.6) is 5.75 Å². The third kappa shape index (κ3) is 3.86. The summed E-state index contributed by atoms with van der Waals surface area (Å²) in [5.41, 5.74) is 1.10. The Bertz CT molecular complexity index is 669. The number of rotatable bonds is 6. The van der Waals surface area contributed by atoms with Crippen molar-refractivity contribution in [1.29, 1.82) is 5.26 Å². The summed E-state index contributed by atoms with van der Waals surface area (Å²) in [7, 11) is 0. The number of aromatic carboxylic acids is 1. The molecule has 0 saturated heterocycles. The lowest BCUT2D eigenvalue weighted by Crippen LogP contribution is -2.04. The van der Waals surface area contributed by atoms with E-state index in [1.54, 1.807) is 0 Å². The van der Waals surface area contributed by atoms with Crippen LogP contribution < -0.4 is 4.74 Å². The van der Waals surface area contributed by atoms with E-state index in [2.05, 4.69) is 6.07 Å². The fraction of sp³-hybridized carbons (Fsp3) is 0.250. The number of carboxylic acids is 1. The van der Waals surface area contributed by atoms with Gasteiger partial charge in [-0.05, 0) is 36.8 Å². The number of ether oxygens (including phenoxy) is 1. The number of benzene rings is 1. The van der Waals surface area contributed by atoms with E-state index >= 15 is 0 Å². The number of carbonyl (C=O) groups is 1. The average Bonchev–Trinajstić information content (AvgIpc) is 2.93. The standard InChI is InChI=1S/C16H15NO4/c1-11-3-2-4-13(9-11)20-8-7-12(10-17)14-5-6-15(21-14)16(18)19/h2-6,9,12H,7-8H2,1H3,(H,18,19). The maximum Gasteiger partial charge on any atom is 0.371 e. The predicted octanol–water partition coefficient (Wildman–Crippen LogP) is 3.36. The summed E-state index contributed by atoms with van der Waals surface area (Å²) in [6.45, 7) is 2.33. The van der Waals surface area contributed by atoms with Crippen LogP contribution in [0.25, 0.3) is 0 Å². The molecule has 1 atom stereocenters. The number of nitrogens with zero attached hydrogens (tertiary/aromatic N) is 1. The topological polar surface area (TPSA) is 83.5 Å². The highest BCUT2D eigenvalue weighted by Crippen LogP contribution is 2.22. The molecule has 108 valence electrons. The smallest absolute Gasteiger partial charge is 0.371 e. The summed E-state index contributed by atoms with van der Waals surface area (Å²) in [6, 6.07) is 12.6. The van der Waals surface area contributed by atoms with Crippen LogP contribution in [0.4, 0.5) is 0 Å². The summed E-state index contributed by atoms with van der Waals surface area (Å²) < 4.78 is 10.7. The molecule has 5 heteroatoms. The molecule has 2 aromatic rings. The lowest BCUT2D eigenvalue weighted by atomic mass is 10.1. The summed E-state index contributed by atoms with van der Waals surface area (Å²) >= 11 is 0. The van der Waals surface area contributed by atoms with Crippen molar-refractivity contribution in [3.8, 4) is 11.8 Å². The first-order valence-electron chi connectivity index (χ1n) is 6.52. The van der Waals surface area contributed by atoms with Crippen LogP contribution in [-0.4, -0.2) is 17.7 Å². The molecule has 1 N–H and O–H groups in total. The van der Waals surface area contributed by atoms with Crippen LogP contribution in [0.2, 0.25) is 0 Å². The summed E-state index contributed by atoms with van der Waals surface area (Å²) in [5.74, 6) is -0.734. The van der Waals surface area contributed by atoms with E-state index in [1.807, 2.05) is 31.2 Å². The minimum absolute atomic E-state index is 0.162. The SMILES string of the molecule is Cc1cccc(OCCC(C#N)c2ccc(C(=O)O)o2)c1. The molecule has 0 aliphatic rings. The van der Waals surface area contributed by atoms with Crippen molar-refractivity contribution in [1.82, 2.24) is 0 Å². The zero-order valence-electron chi connectivity index (χ0n) is 11.6. The molecule has 21 heavy (non-hydrogen) atoms. The Labute approximate surface area is 122 Å². The second-order valence-corrected chi connectivity index (χ2v) is 4.64. The number of hydrogen-bond donors (Lipinski definition) is 1. The van der Waals surface area contributed by atoms with Gasteiger partial charge in [-0.3, -0.25) is 0 Å². The van der Waals surface area contributed by atoms with Crippen LogP contribution in [0, 0.1) is 18.3 Å². The molecule has 0 aliphatic heterocycles. The molecule has 1 aromatic carbocycles. The van der Waals surface area contributed by atoms with Gasteiger partial charge in [-0.25, -0.2) is 4.79 Å². The van der Waals surface area contributed by atoms with E-state index in [4.69, 9.17) is 19.5 Å². The van der Waals surface area contributed by atoms with Gasteiger partial charge in [0.25, 0.3) is 0 Å². The van der Waals surface area contributed by atoms with Crippen molar-refractivity contribution < 1.29 is 19.1 Å². The van der Waals surface area contributed by atoms with Crippen LogP contribution in [0.3, 0.4) is 0 Å². The van der Waals surface area contributed by atoms with Gasteiger partial charge in [0.1, 0.15) is 17.4 Å². The van der Waals surface area contributed by atoms with E-state index in [9.17, 15) is 4.79 Å². The van der Waals surface area contributed by atoms with E-state index in [0.717, 1.165) is 11.3 Å². The van der Waals surface area contributed by atoms with Gasteiger partial charge in [-0.15, -0.1) is 0 Å². The highest BCUT2D eigenvalue weighted by atomic mass is 16.5. The van der Waals surface area contributed by atoms with Crippen LogP contribution in [-0.2, 0) is 0 Å². The Morgan fingerprint density at radius 2 is 2.24 bits per heavy atom. The molecule has 0 bridgehead atoms. The Morgan fingerprint density at radius 3 is 2.86 bits per heavy atom. The number of carboxylic acid groups (broad SMARTS) is 1. The molecule has 2 rings (SSSR count). The predicted molar refractivity (Wildman–Crippen MR) is 75.3 cm³/mol. The van der Waals surface area contributed by atoms with Gasteiger partial charge in [0.15, 0.2) is 0 Å². The second-order valence-electron chi connectivity index (χ2n) is 4.64. The molecule has 1 heterocycles. The van der Waals surface area contributed by atoms with Crippen molar-refractivity contribution in [3.63, 3.8) is 0 Å². The van der Waals surface area contributed by atoms with Crippen molar-refractivity contribution in [2.45, 2.75) is 19.3 Å². The van der Waals surface area contributed by atoms with Gasteiger partial charge in [0.05, 0.1) is 12.7 Å². The molecule has 0 spiro atoms. The summed E-state index contributed by atoms with van der Waals surface area (Å²) in [4.78, 5) is 10.8. The van der Waals surface area contributed by atoms with Crippen molar-refractivity contribution in [2.24, 2.45) is 0 Å². The molecule has 0 aliphatic carbocycles. The van der Waals surface area contributed by atoms with Gasteiger partial charge in [0, 0.05) is 6.42 Å². The third-order valence-corrected chi connectivity index (χ3v) is 3.00. The number of nitriles is 1. The Balaban J connectivity index is 1.93. The van der Waals surface area contributed by atoms with Gasteiger partial charge in [-0.1, -0.05) is 12.1 Å². The highest BCUT2D eigenvalue weighted by Gasteiger charge is 2.17. The second kappa shape index (κ2) is 6.62. The molecule has 1 unspecified atom stereocenters. The summed E-state index contributed by atoms with van der Waals surface area (Å²) in [6.07, 6.45) is 0.428. The molecular weight excluding hydrogens is 270 g/mol. The molecule has 0 fully saturated rings. The van der Waals surface area contributed by atoms with E-state index < -0.39 is 11.9 Å². The van der Waals surface area contributed by atoms with Crippen LogP contribution >= 0.6 is 0 Å². The fourth-order valence-corrected chi connectivity index (χ4v) is 1.93. The Hall–Kier alpha value is -2.74. The first kappa shape index (κ1) is 14.7. The van der Waals surface area contributed by atoms with E-state index in [1.165, 1.54) is 12.1 Å². The Morgan fingerprint density at radius 1 is 1.43 bits per heavy atom. The van der Waals surface area contributed by atoms with Crippen LogP contribution in [0.15, 0.2) is 40.8 Å². The van der Waals surface area contributed by atoms with Crippen LogP contribution in [0.1, 0.15) is 34.2 Å². The fourth-order valence-electron chi connectivity index (χ4n) is 1.93. The normalized spacial score (nSPS) is 11.6. The quantitative estimate of drug-likeness (QED) is 0.879. The highest BCUT2D eigenvalue weighted by molar-refractivity contribution is 5.84. The van der Waals surface area contributed by atoms with Crippen molar-refractivity contribution in [3.05, 3.63) is 53.5 Å².